The van der Waals surface area contributed by atoms with E-state index in [1.807, 2.05) is 0 Å². The Balaban J connectivity index is 1.92. The Morgan fingerprint density at radius 3 is 2.50 bits per heavy atom. The standard InChI is InChI=1S/C14H19N3O/c1-4-12-5-7-13(8-6-12)10(2)15-9-14-17-16-11(3)18-14/h5-8,10,15H,4,9H2,1-3H3. The van der Waals surface area contributed by atoms with Crippen LogP contribution in [0.2, 0.25) is 0 Å². The highest BCUT2D eigenvalue weighted by Gasteiger charge is 2.07. The molecular weight excluding hydrogens is 226 g/mol. The first-order chi connectivity index (χ1) is 8.69. The normalized spacial score (nSPS) is 12.6. The lowest BCUT2D eigenvalue weighted by molar-refractivity contribution is 0.430. The minimum Gasteiger partial charge on any atom is -0.424 e. The summed E-state index contributed by atoms with van der Waals surface area (Å²) in [7, 11) is 0. The van der Waals surface area contributed by atoms with Gasteiger partial charge in [0.25, 0.3) is 0 Å². The van der Waals surface area contributed by atoms with Crippen molar-refractivity contribution < 1.29 is 4.42 Å². The van der Waals surface area contributed by atoms with Crippen LogP contribution in [0.4, 0.5) is 0 Å². The largest absolute Gasteiger partial charge is 0.424 e. The molecule has 1 unspecified atom stereocenters. The summed E-state index contributed by atoms with van der Waals surface area (Å²) >= 11 is 0. The molecule has 1 aromatic heterocycles. The molecular formula is C14H19N3O. The van der Waals surface area contributed by atoms with Gasteiger partial charge in [0.1, 0.15) is 0 Å². The summed E-state index contributed by atoms with van der Waals surface area (Å²) in [4.78, 5) is 0. The lowest BCUT2D eigenvalue weighted by atomic mass is 10.1. The number of nitrogens with zero attached hydrogens (tertiary/aromatic N) is 2. The van der Waals surface area contributed by atoms with Crippen molar-refractivity contribution in [1.82, 2.24) is 15.5 Å². The van der Waals surface area contributed by atoms with Crippen LogP contribution in [-0.4, -0.2) is 10.2 Å². The lowest BCUT2D eigenvalue weighted by Gasteiger charge is -2.13. The molecule has 0 aliphatic heterocycles. The van der Waals surface area contributed by atoms with E-state index >= 15 is 0 Å². The second-order valence-corrected chi connectivity index (χ2v) is 4.41. The minimum absolute atomic E-state index is 0.267. The summed E-state index contributed by atoms with van der Waals surface area (Å²) in [5, 5.41) is 11.1. The number of aryl methyl sites for hydroxylation is 2. The molecule has 2 rings (SSSR count). The van der Waals surface area contributed by atoms with Gasteiger partial charge in [-0.25, -0.2) is 0 Å². The van der Waals surface area contributed by atoms with Crippen molar-refractivity contribution in [3.63, 3.8) is 0 Å². The van der Waals surface area contributed by atoms with Gasteiger partial charge >= 0.3 is 0 Å². The first-order valence-electron chi connectivity index (χ1n) is 6.30. The highest BCUT2D eigenvalue weighted by Crippen LogP contribution is 2.14. The Labute approximate surface area is 107 Å². The molecule has 96 valence electrons. The van der Waals surface area contributed by atoms with Crippen LogP contribution in [-0.2, 0) is 13.0 Å². The fourth-order valence-electron chi connectivity index (χ4n) is 1.81. The topological polar surface area (TPSA) is 51.0 Å². The predicted octanol–water partition coefficient (Wildman–Crippen LogP) is 2.79. The smallest absolute Gasteiger partial charge is 0.230 e. The van der Waals surface area contributed by atoms with E-state index in [4.69, 9.17) is 4.42 Å². The number of hydrogen-bond donors (Lipinski definition) is 1. The quantitative estimate of drug-likeness (QED) is 0.880. The van der Waals surface area contributed by atoms with Gasteiger partial charge in [-0.2, -0.15) is 0 Å². The number of rotatable bonds is 5. The molecule has 0 amide bonds. The van der Waals surface area contributed by atoms with E-state index in [0.29, 0.717) is 18.3 Å². The maximum Gasteiger partial charge on any atom is 0.230 e. The number of benzene rings is 1. The number of hydrogen-bond acceptors (Lipinski definition) is 4. The molecule has 0 saturated carbocycles. The van der Waals surface area contributed by atoms with Crippen molar-refractivity contribution in [1.29, 1.82) is 0 Å². The van der Waals surface area contributed by atoms with Crippen LogP contribution < -0.4 is 5.32 Å². The molecule has 0 bridgehead atoms. The predicted molar refractivity (Wildman–Crippen MR) is 70.1 cm³/mol. The van der Waals surface area contributed by atoms with E-state index in [0.717, 1.165) is 6.42 Å². The van der Waals surface area contributed by atoms with Crippen molar-refractivity contribution in [2.75, 3.05) is 0 Å². The van der Waals surface area contributed by atoms with Crippen molar-refractivity contribution in [3.8, 4) is 0 Å². The minimum atomic E-state index is 0.267. The van der Waals surface area contributed by atoms with Crippen LogP contribution in [0.15, 0.2) is 28.7 Å². The van der Waals surface area contributed by atoms with E-state index in [1.54, 1.807) is 6.92 Å². The first-order valence-corrected chi connectivity index (χ1v) is 6.30. The summed E-state index contributed by atoms with van der Waals surface area (Å²) in [5.74, 6) is 1.23. The zero-order valence-corrected chi connectivity index (χ0v) is 11.1. The van der Waals surface area contributed by atoms with Crippen molar-refractivity contribution >= 4 is 0 Å². The number of aromatic nitrogens is 2. The van der Waals surface area contributed by atoms with Crippen LogP contribution in [0.25, 0.3) is 0 Å². The molecule has 1 atom stereocenters. The summed E-state index contributed by atoms with van der Waals surface area (Å²) in [6.07, 6.45) is 1.07. The average Bonchev–Trinajstić information content (AvgIpc) is 2.82. The Kier molecular flexibility index (Phi) is 4.10. The first kappa shape index (κ1) is 12.8. The SMILES string of the molecule is CCc1ccc(C(C)NCc2nnc(C)o2)cc1. The van der Waals surface area contributed by atoms with Gasteiger partial charge in [0.05, 0.1) is 6.54 Å². The summed E-state index contributed by atoms with van der Waals surface area (Å²) in [5.41, 5.74) is 2.63. The molecule has 0 saturated heterocycles. The zero-order valence-electron chi connectivity index (χ0n) is 11.1. The molecule has 4 nitrogen and oxygen atoms in total. The molecule has 0 aliphatic rings. The lowest BCUT2D eigenvalue weighted by Crippen LogP contribution is -2.18. The summed E-state index contributed by atoms with van der Waals surface area (Å²) in [6.45, 7) is 6.68. The van der Waals surface area contributed by atoms with Gasteiger partial charge in [0.2, 0.25) is 11.8 Å². The fourth-order valence-corrected chi connectivity index (χ4v) is 1.81. The third-order valence-corrected chi connectivity index (χ3v) is 3.02. The Hall–Kier alpha value is -1.68. The van der Waals surface area contributed by atoms with Gasteiger partial charge in [-0.05, 0) is 24.5 Å². The third-order valence-electron chi connectivity index (χ3n) is 3.02. The Bertz CT molecular complexity index is 490. The maximum atomic E-state index is 5.32. The van der Waals surface area contributed by atoms with Gasteiger partial charge in [0, 0.05) is 13.0 Å². The van der Waals surface area contributed by atoms with Crippen LogP contribution in [0.1, 0.15) is 42.8 Å². The van der Waals surface area contributed by atoms with Gasteiger partial charge in [-0.15, -0.1) is 10.2 Å². The molecule has 0 fully saturated rings. The molecule has 1 heterocycles. The molecule has 0 radical (unpaired) electrons. The zero-order chi connectivity index (χ0) is 13.0. The van der Waals surface area contributed by atoms with E-state index in [1.165, 1.54) is 11.1 Å². The highest BCUT2D eigenvalue weighted by molar-refractivity contribution is 5.24. The van der Waals surface area contributed by atoms with Gasteiger partial charge in [0.15, 0.2) is 0 Å². The van der Waals surface area contributed by atoms with Crippen LogP contribution in [0, 0.1) is 6.92 Å². The number of nitrogens with one attached hydrogen (secondary N) is 1. The fraction of sp³-hybridized carbons (Fsp3) is 0.429. The Morgan fingerprint density at radius 2 is 1.94 bits per heavy atom. The van der Waals surface area contributed by atoms with Crippen LogP contribution in [0.3, 0.4) is 0 Å². The highest BCUT2D eigenvalue weighted by atomic mass is 16.4. The molecule has 0 spiro atoms. The molecule has 2 aromatic rings. The average molecular weight is 245 g/mol. The van der Waals surface area contributed by atoms with Crippen molar-refractivity contribution in [2.24, 2.45) is 0 Å². The molecule has 18 heavy (non-hydrogen) atoms. The van der Waals surface area contributed by atoms with Crippen LogP contribution in [0.5, 0.6) is 0 Å². The van der Waals surface area contributed by atoms with E-state index < -0.39 is 0 Å². The van der Waals surface area contributed by atoms with Gasteiger partial charge in [-0.1, -0.05) is 31.2 Å². The second kappa shape index (κ2) is 5.78. The monoisotopic (exact) mass is 245 g/mol. The van der Waals surface area contributed by atoms with E-state index in [2.05, 4.69) is 53.6 Å². The van der Waals surface area contributed by atoms with Crippen molar-refractivity contribution in [3.05, 3.63) is 47.2 Å². The Morgan fingerprint density at radius 1 is 1.22 bits per heavy atom. The second-order valence-electron chi connectivity index (χ2n) is 4.41. The van der Waals surface area contributed by atoms with E-state index in [9.17, 15) is 0 Å². The molecule has 0 aliphatic carbocycles. The molecule has 4 heteroatoms. The van der Waals surface area contributed by atoms with Gasteiger partial charge < -0.3 is 9.73 Å². The maximum absolute atomic E-state index is 5.32. The van der Waals surface area contributed by atoms with Crippen molar-refractivity contribution in [2.45, 2.75) is 39.8 Å². The summed E-state index contributed by atoms with van der Waals surface area (Å²) < 4.78 is 5.32. The third kappa shape index (κ3) is 3.17. The van der Waals surface area contributed by atoms with E-state index in [-0.39, 0.29) is 6.04 Å². The molecule has 1 N–H and O–H groups in total. The van der Waals surface area contributed by atoms with Crippen LogP contribution >= 0.6 is 0 Å². The van der Waals surface area contributed by atoms with Gasteiger partial charge in [-0.3, -0.25) is 0 Å². The molecule has 1 aromatic carbocycles. The summed E-state index contributed by atoms with van der Waals surface area (Å²) in [6, 6.07) is 8.93.